The van der Waals surface area contributed by atoms with Crippen LogP contribution in [0.15, 0.2) is 60.7 Å². The van der Waals surface area contributed by atoms with Crippen molar-refractivity contribution in [3.8, 4) is 0 Å². The van der Waals surface area contributed by atoms with Crippen molar-refractivity contribution in [1.82, 2.24) is 35.6 Å². The van der Waals surface area contributed by atoms with Gasteiger partial charge in [-0.2, -0.15) is 0 Å². The number of unbranched alkanes of at least 4 members (excludes halogenated alkanes) is 2. The van der Waals surface area contributed by atoms with Crippen LogP contribution >= 0.6 is 0 Å². The van der Waals surface area contributed by atoms with Crippen molar-refractivity contribution in [2.75, 3.05) is 53.4 Å². The molecule has 4 rings (SSSR count). The van der Waals surface area contributed by atoms with Crippen LogP contribution in [0.3, 0.4) is 0 Å². The molecule has 1 aromatic heterocycles. The summed E-state index contributed by atoms with van der Waals surface area (Å²) in [6.07, 6.45) is 5.73. The summed E-state index contributed by atoms with van der Waals surface area (Å²) in [4.78, 5) is 97.7. The van der Waals surface area contributed by atoms with Gasteiger partial charge >= 0.3 is 12.1 Å². The van der Waals surface area contributed by atoms with E-state index >= 15 is 0 Å². The number of imide groups is 1. The van der Waals surface area contributed by atoms with Crippen LogP contribution in [0.5, 0.6) is 0 Å². The second kappa shape index (κ2) is 24.7. The molecule has 6 N–H and O–H groups in total. The number of Topliss-reactive ketones (excluding diaryl/α,β-unsaturated/α-hetero) is 2. The Balaban J connectivity index is 1.23. The van der Waals surface area contributed by atoms with Gasteiger partial charge in [0.1, 0.15) is 5.84 Å². The van der Waals surface area contributed by atoms with E-state index in [-0.39, 0.29) is 93.1 Å². The quantitative estimate of drug-likeness (QED) is 0.0227. The Kier molecular flexibility index (Phi) is 19.6. The zero-order chi connectivity index (χ0) is 47.7. The van der Waals surface area contributed by atoms with Crippen LogP contribution < -0.4 is 21.7 Å². The summed E-state index contributed by atoms with van der Waals surface area (Å²) in [5, 5.41) is 19.4. The molecule has 0 bridgehead atoms. The van der Waals surface area contributed by atoms with Gasteiger partial charge in [-0.15, -0.1) is 0 Å². The molecule has 0 spiro atoms. The number of ether oxygens (including phenoxy) is 1. The number of rotatable bonds is 27. The van der Waals surface area contributed by atoms with Crippen LogP contribution in [-0.4, -0.2) is 132 Å². The fourth-order valence-electron chi connectivity index (χ4n) is 7.90. The van der Waals surface area contributed by atoms with Gasteiger partial charge in [0.05, 0.1) is 22.6 Å². The first-order chi connectivity index (χ1) is 30.9. The summed E-state index contributed by atoms with van der Waals surface area (Å²) in [7, 11) is 3.37. The van der Waals surface area contributed by atoms with Gasteiger partial charge in [-0.3, -0.25) is 34.3 Å². The first-order valence-electron chi connectivity index (χ1n) is 22.5. The number of amidine groups is 1. The molecule has 1 unspecified atom stereocenters. The number of nitrogens with one attached hydrogen (secondary N) is 4. The zero-order valence-electron chi connectivity index (χ0n) is 38.7. The molecular weight excluding hydrogens is 831 g/mol. The number of carbonyl (C=O) groups excluding carboxylic acids is 7. The van der Waals surface area contributed by atoms with E-state index in [1.165, 1.54) is 22.6 Å². The third-order valence-corrected chi connectivity index (χ3v) is 11.7. The van der Waals surface area contributed by atoms with Crippen molar-refractivity contribution in [3.05, 3.63) is 66.2 Å². The summed E-state index contributed by atoms with van der Waals surface area (Å²) in [5.41, 5.74) is 7.22. The van der Waals surface area contributed by atoms with Gasteiger partial charge in [0.2, 0.25) is 5.91 Å². The molecule has 65 heavy (non-hydrogen) atoms. The predicted molar refractivity (Wildman–Crippen MR) is 250 cm³/mol. The highest BCUT2D eigenvalue weighted by Crippen LogP contribution is 2.27. The molecule has 17 heteroatoms. The number of primary amides is 1. The van der Waals surface area contributed by atoms with E-state index in [2.05, 4.69) is 28.1 Å². The molecule has 3 aromatic rings. The third kappa shape index (κ3) is 15.5. The number of nitrogens with zero attached hydrogens (tertiary/aromatic N) is 4. The molecule has 2 heterocycles. The van der Waals surface area contributed by atoms with Crippen molar-refractivity contribution in [2.45, 2.75) is 97.1 Å². The minimum Gasteiger partial charge on any atom is -0.441 e. The van der Waals surface area contributed by atoms with Gasteiger partial charge in [-0.1, -0.05) is 56.7 Å². The molecule has 17 nitrogen and oxygen atoms in total. The number of amides is 6. The molecule has 0 radical (unpaired) electrons. The summed E-state index contributed by atoms with van der Waals surface area (Å²) >= 11 is 0. The Morgan fingerprint density at radius 1 is 0.846 bits per heavy atom. The van der Waals surface area contributed by atoms with Crippen molar-refractivity contribution < 1.29 is 38.3 Å². The maximum Gasteiger partial charge on any atom is 0.409 e. The van der Waals surface area contributed by atoms with Crippen LogP contribution in [0.1, 0.15) is 84.6 Å². The summed E-state index contributed by atoms with van der Waals surface area (Å²) < 4.78 is 5.46. The molecule has 0 aliphatic carbocycles. The lowest BCUT2D eigenvalue weighted by molar-refractivity contribution is -0.137. The second-order valence-electron chi connectivity index (χ2n) is 17.6. The number of aromatic nitrogens is 1. The number of fused-ring (bicyclic) bond motifs is 2. The number of hydrogen-bond donors (Lipinski definition) is 5. The van der Waals surface area contributed by atoms with E-state index in [4.69, 9.17) is 20.9 Å². The van der Waals surface area contributed by atoms with Gasteiger partial charge in [-0.05, 0) is 76.0 Å². The average Bonchev–Trinajstić information content (AvgIpc) is 3.59. The second-order valence-corrected chi connectivity index (χ2v) is 17.6. The van der Waals surface area contributed by atoms with E-state index in [0.29, 0.717) is 32.2 Å². The number of carbonyl (C=O) groups is 7. The lowest BCUT2D eigenvalue weighted by atomic mass is 9.81. The number of hydrogen-bond acceptors (Lipinski definition) is 11. The molecule has 0 saturated carbocycles. The fourth-order valence-corrected chi connectivity index (χ4v) is 7.90. The summed E-state index contributed by atoms with van der Waals surface area (Å²) in [6.45, 7) is 8.31. The predicted octanol–water partition coefficient (Wildman–Crippen LogP) is 4.89. The van der Waals surface area contributed by atoms with Crippen LogP contribution in [0.4, 0.5) is 9.59 Å². The van der Waals surface area contributed by atoms with E-state index in [0.717, 1.165) is 39.5 Å². The number of benzene rings is 2. The van der Waals surface area contributed by atoms with Crippen molar-refractivity contribution in [1.29, 1.82) is 5.41 Å². The molecule has 2 atom stereocenters. The molecule has 1 aliphatic heterocycles. The van der Waals surface area contributed by atoms with Crippen LogP contribution in [-0.2, 0) is 35.1 Å². The van der Waals surface area contributed by atoms with Crippen LogP contribution in [0.2, 0.25) is 0 Å². The molecule has 2 aromatic carbocycles. The molecule has 0 fully saturated rings. The topological polar surface area (TPSA) is 237 Å². The molecule has 6 amide bonds. The van der Waals surface area contributed by atoms with Crippen molar-refractivity contribution >= 4 is 69.1 Å². The van der Waals surface area contributed by atoms with Gasteiger partial charge < -0.3 is 36.2 Å². The number of para-hydroxylation sites is 2. The maximum atomic E-state index is 14.1. The monoisotopic (exact) mass is 898 g/mol. The lowest BCUT2D eigenvalue weighted by Gasteiger charge is -2.31. The highest BCUT2D eigenvalue weighted by Gasteiger charge is 2.36. The summed E-state index contributed by atoms with van der Waals surface area (Å²) in [6, 6.07) is 14.7. The highest BCUT2D eigenvalue weighted by molar-refractivity contribution is 6.12. The van der Waals surface area contributed by atoms with Gasteiger partial charge in [0.15, 0.2) is 18.2 Å². The molecule has 1 aliphatic rings. The standard InChI is InChI=1S/C48H67N9O8/c1-32(2)44(54-41(59)22-8-7-13-28-57-42(60)23-24-43(57)61)39(58)30-33(16-14-25-51-46(50)63)45(62)48(3,4)52-26-29-56(6)47(64)65-31-40(49)55(5)27-15-19-34-35-17-9-11-20-37(35)53-38-21-12-10-18-36(34)38/h9-12,17-18,20-21,23-24,32-33,44,49,52H,7-8,13-16,19,22,25-31H2,1-6H3,(H,54,59)(H3,50,51,63)/t33-,44?/m1/s1. The van der Waals surface area contributed by atoms with E-state index in [1.807, 2.05) is 50.2 Å². The number of ketones is 2. The van der Waals surface area contributed by atoms with Crippen molar-refractivity contribution in [2.24, 2.45) is 17.6 Å². The van der Waals surface area contributed by atoms with E-state index < -0.39 is 29.6 Å². The molecule has 0 saturated heterocycles. The van der Waals surface area contributed by atoms with Crippen LogP contribution in [0, 0.1) is 17.2 Å². The SMILES string of the molecule is CC(C)C(NC(=O)CCCCCN1C(=O)C=CC1=O)C(=O)C[C@@H](CCCNC(N)=O)C(=O)C(C)(C)NCCN(C)C(=O)OCC(=N)N(C)CCCc1c2ccccc2nc2ccccc12. The Labute approximate surface area is 381 Å². The maximum absolute atomic E-state index is 14.1. The smallest absolute Gasteiger partial charge is 0.409 e. The van der Waals surface area contributed by atoms with Gasteiger partial charge in [0.25, 0.3) is 11.8 Å². The van der Waals surface area contributed by atoms with Gasteiger partial charge in [0, 0.05) is 88.5 Å². The Hall–Kier alpha value is -6.23. The summed E-state index contributed by atoms with van der Waals surface area (Å²) in [5.74, 6) is -2.39. The number of urea groups is 1. The number of pyridine rings is 1. The zero-order valence-corrected chi connectivity index (χ0v) is 38.7. The Bertz CT molecular complexity index is 2150. The minimum atomic E-state index is -1.12. The number of likely N-dealkylation sites (N-methyl/N-ethyl adjacent to an activating group) is 2. The Morgan fingerprint density at radius 3 is 2.09 bits per heavy atom. The van der Waals surface area contributed by atoms with Crippen LogP contribution in [0.25, 0.3) is 21.8 Å². The number of nitrogens with two attached hydrogens (primary N) is 1. The number of aryl methyl sites for hydroxylation is 1. The third-order valence-electron chi connectivity index (χ3n) is 11.7. The molecule has 352 valence electrons. The minimum absolute atomic E-state index is 0.139. The van der Waals surface area contributed by atoms with Crippen molar-refractivity contribution in [3.63, 3.8) is 0 Å². The molecular formula is C48H67N9O8. The fraction of sp³-hybridized carbons (Fsp3) is 0.521. The Morgan fingerprint density at radius 2 is 1.48 bits per heavy atom. The van der Waals surface area contributed by atoms with E-state index in [1.54, 1.807) is 32.8 Å². The average molecular weight is 898 g/mol. The largest absolute Gasteiger partial charge is 0.441 e. The lowest BCUT2D eigenvalue weighted by Crippen LogP contribution is -2.53. The first kappa shape index (κ1) is 51.4. The van der Waals surface area contributed by atoms with Gasteiger partial charge in [-0.25, -0.2) is 14.6 Å². The first-order valence-corrected chi connectivity index (χ1v) is 22.5. The normalized spacial score (nSPS) is 13.6. The highest BCUT2D eigenvalue weighted by atomic mass is 16.6. The van der Waals surface area contributed by atoms with E-state index in [9.17, 15) is 33.6 Å².